The Kier molecular flexibility index (Phi) is 5.50. The predicted molar refractivity (Wildman–Crippen MR) is 110 cm³/mol. The molecular formula is C21H12F2N6O2S. The number of aromatic nitrogens is 4. The highest BCUT2D eigenvalue weighted by Crippen LogP contribution is 2.33. The number of benzene rings is 2. The number of hydrogen-bond acceptors (Lipinski definition) is 7. The minimum absolute atomic E-state index is 0.0586. The van der Waals surface area contributed by atoms with Gasteiger partial charge in [-0.1, -0.05) is 17.4 Å². The molecule has 0 fully saturated rings. The van der Waals surface area contributed by atoms with Crippen molar-refractivity contribution < 1.29 is 13.5 Å². The largest absolute Gasteiger partial charge is 0.442 e. The Morgan fingerprint density at radius 2 is 1.97 bits per heavy atom. The summed E-state index contributed by atoms with van der Waals surface area (Å²) in [4.78, 5) is 16.7. The fourth-order valence-electron chi connectivity index (χ4n) is 2.94. The zero-order chi connectivity index (χ0) is 22.8. The second-order valence-corrected chi connectivity index (χ2v) is 7.51. The van der Waals surface area contributed by atoms with Gasteiger partial charge in [0.15, 0.2) is 16.6 Å². The monoisotopic (exact) mass is 450 g/mol. The molecule has 0 atom stereocenters. The van der Waals surface area contributed by atoms with Crippen LogP contribution >= 0.6 is 11.3 Å². The van der Waals surface area contributed by atoms with Gasteiger partial charge in [-0.3, -0.25) is 4.57 Å². The molecule has 0 aliphatic heterocycles. The normalized spacial score (nSPS) is 10.5. The zero-order valence-electron chi connectivity index (χ0n) is 16.4. The van der Waals surface area contributed by atoms with Gasteiger partial charge >= 0.3 is 5.69 Å². The molecule has 11 heteroatoms. The first kappa shape index (κ1) is 20.9. The molecule has 0 bridgehead atoms. The van der Waals surface area contributed by atoms with Crippen LogP contribution in [0.5, 0.6) is 10.8 Å². The average molecular weight is 450 g/mol. The van der Waals surface area contributed by atoms with E-state index in [0.29, 0.717) is 5.69 Å². The molecule has 0 amide bonds. The van der Waals surface area contributed by atoms with E-state index >= 15 is 0 Å². The lowest BCUT2D eigenvalue weighted by Gasteiger charge is -2.07. The van der Waals surface area contributed by atoms with Crippen LogP contribution in [0.4, 0.5) is 8.78 Å². The van der Waals surface area contributed by atoms with Gasteiger partial charge in [0.2, 0.25) is 5.06 Å². The highest BCUT2D eigenvalue weighted by atomic mass is 32.1. The van der Waals surface area contributed by atoms with Gasteiger partial charge in [-0.05, 0) is 31.2 Å². The Morgan fingerprint density at radius 3 is 2.66 bits per heavy atom. The molecule has 158 valence electrons. The summed E-state index contributed by atoms with van der Waals surface area (Å²) in [5.41, 5.74) is 0.113. The predicted octanol–water partition coefficient (Wildman–Crippen LogP) is 3.66. The Balaban J connectivity index is 1.62. The fraction of sp³-hybridized carbons (Fsp3) is 0.0952. The number of nitrogens with zero attached hydrogens (tertiary/aromatic N) is 6. The van der Waals surface area contributed by atoms with Crippen molar-refractivity contribution >= 4 is 11.3 Å². The van der Waals surface area contributed by atoms with Gasteiger partial charge in [0.1, 0.15) is 18.2 Å². The lowest BCUT2D eigenvalue weighted by molar-refractivity contribution is 0.448. The zero-order valence-corrected chi connectivity index (χ0v) is 17.2. The van der Waals surface area contributed by atoms with Crippen LogP contribution in [0.25, 0.3) is 5.69 Å². The quantitative estimate of drug-likeness (QED) is 0.459. The topological polar surface area (TPSA) is 110 Å². The van der Waals surface area contributed by atoms with Crippen molar-refractivity contribution in [1.29, 1.82) is 10.5 Å². The summed E-state index contributed by atoms with van der Waals surface area (Å²) in [6.45, 7) is 1.43. The Morgan fingerprint density at radius 1 is 1.16 bits per heavy atom. The van der Waals surface area contributed by atoms with Gasteiger partial charge in [-0.15, -0.1) is 0 Å². The van der Waals surface area contributed by atoms with Crippen LogP contribution in [0.15, 0.2) is 47.5 Å². The van der Waals surface area contributed by atoms with Crippen LogP contribution in [0.3, 0.4) is 0 Å². The summed E-state index contributed by atoms with van der Waals surface area (Å²) in [7, 11) is 0. The Bertz CT molecular complexity index is 1470. The molecule has 2 aromatic carbocycles. The van der Waals surface area contributed by atoms with E-state index in [4.69, 9.17) is 10.00 Å². The van der Waals surface area contributed by atoms with Crippen molar-refractivity contribution in [2.24, 2.45) is 0 Å². The average Bonchev–Trinajstić information content (AvgIpc) is 3.33. The van der Waals surface area contributed by atoms with Gasteiger partial charge in [0, 0.05) is 11.6 Å². The molecule has 0 aliphatic rings. The number of halogens is 2. The van der Waals surface area contributed by atoms with E-state index < -0.39 is 17.3 Å². The molecule has 2 heterocycles. The van der Waals surface area contributed by atoms with E-state index in [-0.39, 0.29) is 39.2 Å². The van der Waals surface area contributed by atoms with Crippen LogP contribution in [0.1, 0.15) is 21.8 Å². The highest BCUT2D eigenvalue weighted by molar-refractivity contribution is 7.14. The summed E-state index contributed by atoms with van der Waals surface area (Å²) in [5.74, 6) is -1.48. The summed E-state index contributed by atoms with van der Waals surface area (Å²) in [6.07, 6.45) is 1.18. The summed E-state index contributed by atoms with van der Waals surface area (Å²) in [5, 5.41) is 22.5. The molecule has 4 aromatic rings. The van der Waals surface area contributed by atoms with Crippen molar-refractivity contribution in [2.45, 2.75) is 13.5 Å². The van der Waals surface area contributed by atoms with Gasteiger partial charge in [0.25, 0.3) is 0 Å². The lowest BCUT2D eigenvalue weighted by Crippen LogP contribution is -2.24. The minimum atomic E-state index is -0.754. The molecule has 0 saturated heterocycles. The molecule has 8 nitrogen and oxygen atoms in total. The van der Waals surface area contributed by atoms with Gasteiger partial charge in [-0.2, -0.15) is 20.3 Å². The van der Waals surface area contributed by atoms with Crippen molar-refractivity contribution in [3.8, 4) is 28.6 Å². The van der Waals surface area contributed by atoms with E-state index in [1.54, 1.807) is 6.92 Å². The number of aryl methyl sites for hydroxylation is 1. The number of rotatable bonds is 5. The molecular weight excluding hydrogens is 438 g/mol. The third-order valence-corrected chi connectivity index (χ3v) is 5.45. The van der Waals surface area contributed by atoms with E-state index in [0.717, 1.165) is 26.7 Å². The second kappa shape index (κ2) is 8.41. The summed E-state index contributed by atoms with van der Waals surface area (Å²) >= 11 is 0.989. The maximum Gasteiger partial charge on any atom is 0.350 e. The van der Waals surface area contributed by atoms with Crippen LogP contribution in [0.2, 0.25) is 0 Å². The number of thiazole rings is 1. The molecule has 0 radical (unpaired) electrons. The smallest absolute Gasteiger partial charge is 0.350 e. The number of ether oxygens (including phenoxy) is 1. The minimum Gasteiger partial charge on any atom is -0.442 e. The van der Waals surface area contributed by atoms with Crippen molar-refractivity contribution in [3.05, 3.63) is 86.7 Å². The van der Waals surface area contributed by atoms with E-state index in [2.05, 4.69) is 10.1 Å². The second-order valence-electron chi connectivity index (χ2n) is 6.55. The van der Waals surface area contributed by atoms with Crippen LogP contribution in [0, 0.1) is 41.2 Å². The number of nitriles is 2. The third-order valence-electron chi connectivity index (χ3n) is 4.51. The molecule has 0 aliphatic carbocycles. The molecule has 0 saturated carbocycles. The Hall–Kier alpha value is -4.35. The van der Waals surface area contributed by atoms with E-state index in [1.807, 2.05) is 12.1 Å². The summed E-state index contributed by atoms with van der Waals surface area (Å²) in [6, 6.07) is 11.7. The summed E-state index contributed by atoms with van der Waals surface area (Å²) < 4.78 is 36.3. The van der Waals surface area contributed by atoms with Crippen LogP contribution < -0.4 is 10.4 Å². The maximum atomic E-state index is 14.6. The van der Waals surface area contributed by atoms with Crippen molar-refractivity contribution in [3.63, 3.8) is 0 Å². The van der Waals surface area contributed by atoms with Gasteiger partial charge < -0.3 is 4.74 Å². The van der Waals surface area contributed by atoms with Gasteiger partial charge in [-0.25, -0.2) is 18.6 Å². The van der Waals surface area contributed by atoms with E-state index in [1.165, 1.54) is 36.7 Å². The third kappa shape index (κ3) is 3.85. The first-order valence-electron chi connectivity index (χ1n) is 9.08. The first-order valence-corrected chi connectivity index (χ1v) is 9.90. The SMILES string of the molecule is Cc1nc(C#N)sc1Oc1ccc(-n2ncn(Cc3c(F)cccc3C#N)c2=O)cc1F. The van der Waals surface area contributed by atoms with Gasteiger partial charge in [0.05, 0.1) is 29.6 Å². The molecule has 0 N–H and O–H groups in total. The molecule has 32 heavy (non-hydrogen) atoms. The van der Waals surface area contributed by atoms with Crippen molar-refractivity contribution in [2.75, 3.05) is 0 Å². The number of hydrogen-bond donors (Lipinski definition) is 0. The van der Waals surface area contributed by atoms with E-state index in [9.17, 15) is 18.8 Å². The molecule has 4 rings (SSSR count). The van der Waals surface area contributed by atoms with Crippen LogP contribution in [-0.4, -0.2) is 19.3 Å². The maximum absolute atomic E-state index is 14.6. The molecule has 0 spiro atoms. The molecule has 2 aromatic heterocycles. The molecule has 0 unspecified atom stereocenters. The first-order chi connectivity index (χ1) is 15.4. The Labute approximate surface area is 183 Å². The van der Waals surface area contributed by atoms with Crippen LogP contribution in [-0.2, 0) is 6.54 Å². The fourth-order valence-corrected chi connectivity index (χ4v) is 3.67. The highest BCUT2D eigenvalue weighted by Gasteiger charge is 2.16. The standard InChI is InChI=1S/C21H12F2N6O2S/c1-12-20(32-19(9-25)27-12)31-18-6-5-14(7-17(18)23)29-21(30)28(11-26-29)10-15-13(8-24)3-2-4-16(15)22/h2-7,11H,10H2,1H3. The lowest BCUT2D eigenvalue weighted by atomic mass is 10.1. The van der Waals surface area contributed by atoms with Crippen molar-refractivity contribution in [1.82, 2.24) is 19.3 Å².